The normalized spacial score (nSPS) is 11.3. The van der Waals surface area contributed by atoms with Crippen LogP contribution in [0.2, 0.25) is 5.02 Å². The van der Waals surface area contributed by atoms with Crippen molar-refractivity contribution in [1.82, 2.24) is 9.97 Å². The van der Waals surface area contributed by atoms with E-state index >= 15 is 0 Å². The van der Waals surface area contributed by atoms with Crippen LogP contribution in [-0.4, -0.2) is 9.97 Å². The zero-order valence-electron chi connectivity index (χ0n) is 12.1. The van der Waals surface area contributed by atoms with Crippen LogP contribution in [0, 0.1) is 6.92 Å². The van der Waals surface area contributed by atoms with Crippen LogP contribution in [0.5, 0.6) is 11.6 Å². The average Bonchev–Trinajstić information content (AvgIpc) is 2.91. The fourth-order valence-electron chi connectivity index (χ4n) is 2.16. The van der Waals surface area contributed by atoms with Gasteiger partial charge in [-0.25, -0.2) is 9.97 Å². The van der Waals surface area contributed by atoms with Crippen LogP contribution in [-0.2, 0) is 0 Å². The van der Waals surface area contributed by atoms with Gasteiger partial charge in [-0.2, -0.15) is 0 Å². The van der Waals surface area contributed by atoms with Crippen molar-refractivity contribution < 1.29 is 4.74 Å². The third-order valence-electron chi connectivity index (χ3n) is 3.34. The van der Waals surface area contributed by atoms with E-state index in [2.05, 4.69) is 23.8 Å². The summed E-state index contributed by atoms with van der Waals surface area (Å²) in [5, 5.41) is 3.68. The summed E-state index contributed by atoms with van der Waals surface area (Å²) < 4.78 is 6.08. The van der Waals surface area contributed by atoms with Crippen molar-refractivity contribution in [2.45, 2.75) is 26.7 Å². The summed E-state index contributed by atoms with van der Waals surface area (Å²) in [4.78, 5) is 9.43. The molecule has 0 radical (unpaired) electrons. The molecule has 21 heavy (non-hydrogen) atoms. The van der Waals surface area contributed by atoms with E-state index in [1.54, 1.807) is 11.3 Å². The first-order valence-corrected chi connectivity index (χ1v) is 7.98. The number of halogens is 1. The highest BCUT2D eigenvalue weighted by molar-refractivity contribution is 7.16. The number of hydrogen-bond donors (Lipinski definition) is 0. The van der Waals surface area contributed by atoms with Crippen LogP contribution in [0.15, 0.2) is 29.9 Å². The number of benzene rings is 1. The highest BCUT2D eigenvalue weighted by atomic mass is 35.5. The van der Waals surface area contributed by atoms with E-state index in [9.17, 15) is 0 Å². The zero-order valence-corrected chi connectivity index (χ0v) is 13.6. The molecule has 0 atom stereocenters. The number of thiophene rings is 1. The lowest BCUT2D eigenvalue weighted by Gasteiger charge is -2.15. The lowest BCUT2D eigenvalue weighted by Crippen LogP contribution is -1.97. The summed E-state index contributed by atoms with van der Waals surface area (Å²) in [5.74, 6) is 1.71. The van der Waals surface area contributed by atoms with Crippen molar-refractivity contribution in [3.63, 3.8) is 0 Å². The van der Waals surface area contributed by atoms with Gasteiger partial charge in [-0.05, 0) is 47.5 Å². The molecule has 0 amide bonds. The number of hydrogen-bond acceptors (Lipinski definition) is 4. The number of rotatable bonds is 3. The van der Waals surface area contributed by atoms with Gasteiger partial charge in [-0.3, -0.25) is 0 Å². The quantitative estimate of drug-likeness (QED) is 0.633. The topological polar surface area (TPSA) is 35.0 Å². The predicted octanol–water partition coefficient (Wildman–Crippen LogP) is 5.57. The molecule has 0 saturated heterocycles. The van der Waals surface area contributed by atoms with E-state index < -0.39 is 0 Å². The maximum Gasteiger partial charge on any atom is 0.231 e. The first-order valence-electron chi connectivity index (χ1n) is 6.72. The van der Waals surface area contributed by atoms with Crippen molar-refractivity contribution in [2.75, 3.05) is 0 Å². The van der Waals surface area contributed by atoms with E-state index in [1.807, 2.05) is 30.5 Å². The minimum atomic E-state index is 0.318. The fraction of sp³-hybridized carbons (Fsp3) is 0.250. The molecule has 0 spiro atoms. The Morgan fingerprint density at radius 2 is 2.05 bits per heavy atom. The second-order valence-electron chi connectivity index (χ2n) is 5.21. The third kappa shape index (κ3) is 2.74. The zero-order chi connectivity index (χ0) is 15.0. The van der Waals surface area contributed by atoms with Crippen molar-refractivity contribution in [1.29, 1.82) is 0 Å². The Bertz CT molecular complexity index is 798. The molecule has 0 saturated carbocycles. The van der Waals surface area contributed by atoms with Gasteiger partial charge in [0.15, 0.2) is 0 Å². The van der Waals surface area contributed by atoms with Gasteiger partial charge >= 0.3 is 0 Å². The number of aromatic nitrogens is 2. The maximum absolute atomic E-state index is 6.23. The SMILES string of the molecule is Cc1cc(Oc2ncnc3sccc23)c(C(C)C)cc1Cl. The van der Waals surface area contributed by atoms with Crippen LogP contribution in [0.1, 0.15) is 30.9 Å². The average molecular weight is 319 g/mol. The van der Waals surface area contributed by atoms with Crippen LogP contribution in [0.4, 0.5) is 0 Å². The maximum atomic E-state index is 6.23. The molecule has 108 valence electrons. The van der Waals surface area contributed by atoms with Gasteiger partial charge in [0, 0.05) is 5.02 Å². The Kier molecular flexibility index (Phi) is 3.83. The van der Waals surface area contributed by atoms with Gasteiger partial charge in [0.1, 0.15) is 16.9 Å². The number of fused-ring (bicyclic) bond motifs is 1. The summed E-state index contributed by atoms with van der Waals surface area (Å²) >= 11 is 7.81. The summed E-state index contributed by atoms with van der Waals surface area (Å²) in [6.45, 7) is 6.21. The number of nitrogens with zero attached hydrogens (tertiary/aromatic N) is 2. The first kappa shape index (κ1) is 14.3. The molecule has 0 aliphatic heterocycles. The molecule has 0 aliphatic carbocycles. The number of ether oxygens (including phenoxy) is 1. The van der Waals surface area contributed by atoms with Crippen molar-refractivity contribution >= 4 is 33.2 Å². The van der Waals surface area contributed by atoms with Crippen molar-refractivity contribution in [3.05, 3.63) is 46.1 Å². The summed E-state index contributed by atoms with van der Waals surface area (Å²) in [5.41, 5.74) is 2.07. The van der Waals surface area contributed by atoms with Gasteiger partial charge in [0.05, 0.1) is 5.39 Å². The second-order valence-corrected chi connectivity index (χ2v) is 6.52. The highest BCUT2D eigenvalue weighted by Crippen LogP contribution is 2.36. The Morgan fingerprint density at radius 1 is 1.24 bits per heavy atom. The van der Waals surface area contributed by atoms with Gasteiger partial charge in [-0.15, -0.1) is 11.3 Å². The third-order valence-corrected chi connectivity index (χ3v) is 4.57. The largest absolute Gasteiger partial charge is 0.438 e. The minimum absolute atomic E-state index is 0.318. The second kappa shape index (κ2) is 5.62. The summed E-state index contributed by atoms with van der Waals surface area (Å²) in [6, 6.07) is 5.92. The Balaban J connectivity index is 2.09. The van der Waals surface area contributed by atoms with Crippen LogP contribution < -0.4 is 4.74 Å². The van der Waals surface area contributed by atoms with Crippen molar-refractivity contribution in [3.8, 4) is 11.6 Å². The number of aryl methyl sites for hydroxylation is 1. The van der Waals surface area contributed by atoms with Gasteiger partial charge in [-0.1, -0.05) is 25.4 Å². The molecule has 0 bridgehead atoms. The fourth-order valence-corrected chi connectivity index (χ4v) is 3.06. The van der Waals surface area contributed by atoms with E-state index in [-0.39, 0.29) is 0 Å². The molecule has 5 heteroatoms. The van der Waals surface area contributed by atoms with Gasteiger partial charge in [0.25, 0.3) is 0 Å². The van der Waals surface area contributed by atoms with Crippen LogP contribution in [0.3, 0.4) is 0 Å². The molecule has 0 fully saturated rings. The van der Waals surface area contributed by atoms with E-state index in [1.165, 1.54) is 6.33 Å². The lowest BCUT2D eigenvalue weighted by atomic mass is 10.0. The molecular formula is C16H15ClN2OS. The molecule has 2 aromatic heterocycles. The van der Waals surface area contributed by atoms with E-state index in [4.69, 9.17) is 16.3 Å². The lowest BCUT2D eigenvalue weighted by molar-refractivity contribution is 0.459. The Hall–Kier alpha value is -1.65. The Morgan fingerprint density at radius 3 is 2.81 bits per heavy atom. The van der Waals surface area contributed by atoms with Crippen molar-refractivity contribution in [2.24, 2.45) is 0 Å². The predicted molar refractivity (Wildman–Crippen MR) is 87.8 cm³/mol. The molecule has 3 aromatic rings. The minimum Gasteiger partial charge on any atom is -0.438 e. The monoisotopic (exact) mass is 318 g/mol. The summed E-state index contributed by atoms with van der Waals surface area (Å²) in [7, 11) is 0. The molecule has 0 unspecified atom stereocenters. The molecule has 3 rings (SSSR count). The standard InChI is InChI=1S/C16H15ClN2OS/c1-9(2)12-7-13(17)10(3)6-14(12)20-15-11-4-5-21-16(11)19-8-18-15/h4-9H,1-3H3. The highest BCUT2D eigenvalue weighted by Gasteiger charge is 2.14. The van der Waals surface area contributed by atoms with Crippen LogP contribution >= 0.6 is 22.9 Å². The summed E-state index contributed by atoms with van der Waals surface area (Å²) in [6.07, 6.45) is 1.53. The Labute approximate surface area is 132 Å². The molecule has 2 heterocycles. The molecule has 3 nitrogen and oxygen atoms in total. The molecule has 0 N–H and O–H groups in total. The first-order chi connectivity index (χ1) is 10.1. The molecule has 0 aliphatic rings. The van der Waals surface area contributed by atoms with Gasteiger partial charge in [0.2, 0.25) is 5.88 Å². The van der Waals surface area contributed by atoms with E-state index in [0.29, 0.717) is 11.8 Å². The smallest absolute Gasteiger partial charge is 0.231 e. The molecule has 1 aromatic carbocycles. The molecular weight excluding hydrogens is 304 g/mol. The van der Waals surface area contributed by atoms with Crippen LogP contribution in [0.25, 0.3) is 10.2 Å². The van der Waals surface area contributed by atoms with Gasteiger partial charge < -0.3 is 4.74 Å². The van der Waals surface area contributed by atoms with E-state index in [0.717, 1.165) is 32.1 Å².